The van der Waals surface area contributed by atoms with Gasteiger partial charge in [-0.05, 0) is 23.5 Å². The van der Waals surface area contributed by atoms with Crippen LogP contribution in [0.25, 0.3) is 0 Å². The lowest BCUT2D eigenvalue weighted by molar-refractivity contribution is -0.151. The van der Waals surface area contributed by atoms with Crippen molar-refractivity contribution in [3.63, 3.8) is 0 Å². The van der Waals surface area contributed by atoms with E-state index >= 15 is 0 Å². The number of carbonyl (C=O) groups is 2. The Morgan fingerprint density at radius 1 is 1.14 bits per heavy atom. The minimum Gasteiger partial charge on any atom is -0.480 e. The molecule has 1 unspecified atom stereocenters. The van der Waals surface area contributed by atoms with Crippen LogP contribution >= 0.6 is 0 Å². The van der Waals surface area contributed by atoms with E-state index in [1.54, 1.807) is 4.90 Å². The van der Waals surface area contributed by atoms with Crippen molar-refractivity contribution in [2.45, 2.75) is 57.5 Å². The average molecular weight is 301 g/mol. The molecule has 1 aromatic carbocycles. The Hall–Kier alpha value is -1.84. The lowest BCUT2D eigenvalue weighted by Crippen LogP contribution is -2.48. The minimum atomic E-state index is -0.899. The van der Waals surface area contributed by atoms with Crippen molar-refractivity contribution in [3.05, 3.63) is 35.4 Å². The number of benzene rings is 1. The Kier molecular flexibility index (Phi) is 4.46. The summed E-state index contributed by atoms with van der Waals surface area (Å²) in [5.41, 5.74) is 2.13. The molecule has 0 aromatic heterocycles. The number of fused-ring (bicyclic) bond motifs is 1. The molecule has 0 radical (unpaired) electrons. The normalized spacial score (nSPS) is 21.6. The summed E-state index contributed by atoms with van der Waals surface area (Å²) in [6.45, 7) is 0.427. The molecule has 118 valence electrons. The molecule has 1 aliphatic carbocycles. The second kappa shape index (κ2) is 6.51. The molecule has 0 saturated heterocycles. The second-order valence-electron chi connectivity index (χ2n) is 6.54. The number of aliphatic carboxylic acids is 1. The van der Waals surface area contributed by atoms with Crippen LogP contribution in [-0.2, 0) is 22.6 Å². The second-order valence-corrected chi connectivity index (χ2v) is 6.54. The van der Waals surface area contributed by atoms with E-state index in [1.165, 1.54) is 25.7 Å². The van der Waals surface area contributed by atoms with Crippen molar-refractivity contribution in [2.24, 2.45) is 5.92 Å². The van der Waals surface area contributed by atoms with E-state index in [0.717, 1.165) is 17.5 Å². The van der Waals surface area contributed by atoms with E-state index in [2.05, 4.69) is 0 Å². The third-order valence-electron chi connectivity index (χ3n) is 5.10. The molecule has 4 nitrogen and oxygen atoms in total. The zero-order valence-corrected chi connectivity index (χ0v) is 12.8. The van der Waals surface area contributed by atoms with Crippen molar-refractivity contribution in [2.75, 3.05) is 0 Å². The summed E-state index contributed by atoms with van der Waals surface area (Å²) in [6.07, 6.45) is 6.79. The summed E-state index contributed by atoms with van der Waals surface area (Å²) >= 11 is 0. The van der Waals surface area contributed by atoms with Crippen molar-refractivity contribution in [1.29, 1.82) is 0 Å². The molecule has 0 bridgehead atoms. The Morgan fingerprint density at radius 2 is 1.82 bits per heavy atom. The van der Waals surface area contributed by atoms with Crippen LogP contribution in [0, 0.1) is 5.92 Å². The largest absolute Gasteiger partial charge is 0.480 e. The van der Waals surface area contributed by atoms with Crippen LogP contribution in [0.4, 0.5) is 0 Å². The van der Waals surface area contributed by atoms with Gasteiger partial charge in [0, 0.05) is 19.4 Å². The molecular formula is C18H23NO3. The maximum atomic E-state index is 12.5. The first kappa shape index (κ1) is 15.1. The number of nitrogens with zero attached hydrogens (tertiary/aromatic N) is 1. The molecule has 1 atom stereocenters. The van der Waals surface area contributed by atoms with E-state index < -0.39 is 12.0 Å². The molecule has 22 heavy (non-hydrogen) atoms. The van der Waals surface area contributed by atoms with Gasteiger partial charge in [0.2, 0.25) is 5.91 Å². The molecule has 1 aromatic rings. The van der Waals surface area contributed by atoms with Crippen LogP contribution in [0.2, 0.25) is 0 Å². The van der Waals surface area contributed by atoms with E-state index in [9.17, 15) is 14.7 Å². The van der Waals surface area contributed by atoms with Gasteiger partial charge < -0.3 is 10.0 Å². The van der Waals surface area contributed by atoms with Gasteiger partial charge in [0.15, 0.2) is 0 Å². The van der Waals surface area contributed by atoms with Gasteiger partial charge in [0.05, 0.1) is 0 Å². The van der Waals surface area contributed by atoms with E-state index in [-0.39, 0.29) is 5.91 Å². The molecule has 1 aliphatic heterocycles. The smallest absolute Gasteiger partial charge is 0.326 e. The first-order chi connectivity index (χ1) is 10.6. The lowest BCUT2D eigenvalue weighted by atomic mass is 9.93. The number of amides is 1. The molecule has 1 heterocycles. The highest BCUT2D eigenvalue weighted by Gasteiger charge is 2.34. The van der Waals surface area contributed by atoms with Crippen LogP contribution < -0.4 is 0 Å². The molecule has 2 aliphatic rings. The number of carboxylic acid groups (broad SMARTS) is 1. The monoisotopic (exact) mass is 301 g/mol. The van der Waals surface area contributed by atoms with E-state index in [4.69, 9.17) is 0 Å². The van der Waals surface area contributed by atoms with Gasteiger partial charge in [0.1, 0.15) is 6.04 Å². The van der Waals surface area contributed by atoms with Gasteiger partial charge in [-0.3, -0.25) is 4.79 Å². The average Bonchev–Trinajstić information content (AvgIpc) is 3.04. The Labute approximate surface area is 131 Å². The maximum Gasteiger partial charge on any atom is 0.326 e. The summed E-state index contributed by atoms with van der Waals surface area (Å²) in [4.78, 5) is 25.7. The summed E-state index contributed by atoms with van der Waals surface area (Å²) in [5.74, 6) is -0.248. The first-order valence-electron chi connectivity index (χ1n) is 8.24. The number of hydrogen-bond acceptors (Lipinski definition) is 2. The standard InChI is InChI=1S/C18H23NO3/c20-17(10-9-13-5-1-2-6-13)19-12-15-8-4-3-7-14(15)11-16(19)18(21)22/h3-4,7-8,13,16H,1-2,5-6,9-12H2,(H,21,22). The molecule has 0 spiro atoms. The summed E-state index contributed by atoms with van der Waals surface area (Å²) < 4.78 is 0. The third-order valence-corrected chi connectivity index (χ3v) is 5.10. The predicted octanol–water partition coefficient (Wildman–Crippen LogP) is 2.99. The predicted molar refractivity (Wildman–Crippen MR) is 83.3 cm³/mol. The Balaban J connectivity index is 1.69. The topological polar surface area (TPSA) is 57.6 Å². The lowest BCUT2D eigenvalue weighted by Gasteiger charge is -2.34. The summed E-state index contributed by atoms with van der Waals surface area (Å²) in [6, 6.07) is 7.11. The Bertz CT molecular complexity index is 563. The van der Waals surface area contributed by atoms with Gasteiger partial charge in [-0.15, -0.1) is 0 Å². The zero-order chi connectivity index (χ0) is 15.5. The van der Waals surface area contributed by atoms with Crippen LogP contribution in [0.15, 0.2) is 24.3 Å². The Morgan fingerprint density at radius 3 is 2.50 bits per heavy atom. The fourth-order valence-electron chi connectivity index (χ4n) is 3.78. The quantitative estimate of drug-likeness (QED) is 0.930. The van der Waals surface area contributed by atoms with Crippen molar-refractivity contribution < 1.29 is 14.7 Å². The van der Waals surface area contributed by atoms with Gasteiger partial charge >= 0.3 is 5.97 Å². The molecule has 1 saturated carbocycles. The summed E-state index contributed by atoms with van der Waals surface area (Å²) in [7, 11) is 0. The summed E-state index contributed by atoms with van der Waals surface area (Å²) in [5, 5.41) is 9.47. The van der Waals surface area contributed by atoms with Crippen LogP contribution in [0.1, 0.15) is 49.7 Å². The van der Waals surface area contributed by atoms with Gasteiger partial charge in [-0.2, -0.15) is 0 Å². The van der Waals surface area contributed by atoms with Crippen LogP contribution in [0.3, 0.4) is 0 Å². The third kappa shape index (κ3) is 3.16. The fourth-order valence-corrected chi connectivity index (χ4v) is 3.78. The van der Waals surface area contributed by atoms with Crippen molar-refractivity contribution in [1.82, 2.24) is 4.90 Å². The number of carbonyl (C=O) groups excluding carboxylic acids is 1. The molecular weight excluding hydrogens is 278 g/mol. The SMILES string of the molecule is O=C(O)C1Cc2ccccc2CN1C(=O)CCC1CCCC1. The van der Waals surface area contributed by atoms with Crippen molar-refractivity contribution >= 4 is 11.9 Å². The fraction of sp³-hybridized carbons (Fsp3) is 0.556. The van der Waals surface area contributed by atoms with Gasteiger partial charge in [-0.1, -0.05) is 49.9 Å². The minimum absolute atomic E-state index is 0.00574. The molecule has 1 N–H and O–H groups in total. The highest BCUT2D eigenvalue weighted by molar-refractivity contribution is 5.84. The van der Waals surface area contributed by atoms with E-state index in [0.29, 0.717) is 25.3 Å². The van der Waals surface area contributed by atoms with Crippen molar-refractivity contribution in [3.8, 4) is 0 Å². The highest BCUT2D eigenvalue weighted by Crippen LogP contribution is 2.30. The van der Waals surface area contributed by atoms with Gasteiger partial charge in [-0.25, -0.2) is 4.79 Å². The maximum absolute atomic E-state index is 12.5. The van der Waals surface area contributed by atoms with Crippen LogP contribution in [-0.4, -0.2) is 27.9 Å². The molecule has 3 rings (SSSR count). The molecule has 1 amide bonds. The number of hydrogen-bond donors (Lipinski definition) is 1. The first-order valence-corrected chi connectivity index (χ1v) is 8.24. The van der Waals surface area contributed by atoms with Gasteiger partial charge in [0.25, 0.3) is 0 Å². The highest BCUT2D eigenvalue weighted by atomic mass is 16.4. The molecule has 1 fully saturated rings. The number of rotatable bonds is 4. The number of carboxylic acids is 1. The zero-order valence-electron chi connectivity index (χ0n) is 12.8. The van der Waals surface area contributed by atoms with Crippen LogP contribution in [0.5, 0.6) is 0 Å². The van der Waals surface area contributed by atoms with E-state index in [1.807, 2.05) is 24.3 Å². The molecule has 4 heteroatoms.